The fourth-order valence-corrected chi connectivity index (χ4v) is 1.96. The van der Waals surface area contributed by atoms with Gasteiger partial charge in [0.1, 0.15) is 0 Å². The quantitative estimate of drug-likeness (QED) is 0.539. The summed E-state index contributed by atoms with van der Waals surface area (Å²) in [4.78, 5) is 10.8. The van der Waals surface area contributed by atoms with Crippen LogP contribution in [0, 0.1) is 11.8 Å². The summed E-state index contributed by atoms with van der Waals surface area (Å²) in [6, 6.07) is 0. The number of fused-ring (bicyclic) bond motifs is 1. The van der Waals surface area contributed by atoms with Crippen LogP contribution in [0.1, 0.15) is 6.42 Å². The first-order chi connectivity index (χ1) is 5.27. The molecule has 2 unspecified atom stereocenters. The van der Waals surface area contributed by atoms with Crippen molar-refractivity contribution in [2.75, 3.05) is 13.1 Å². The van der Waals surface area contributed by atoms with E-state index in [1.165, 1.54) is 0 Å². The molecule has 0 spiro atoms. The maximum Gasteiger partial charge on any atom is 0.244 e. The van der Waals surface area contributed by atoms with Gasteiger partial charge in [0.25, 0.3) is 0 Å². The maximum absolute atomic E-state index is 10.8. The van der Waals surface area contributed by atoms with Crippen molar-refractivity contribution in [1.82, 2.24) is 5.32 Å². The highest BCUT2D eigenvalue weighted by molar-refractivity contribution is 5.92. The van der Waals surface area contributed by atoms with Crippen LogP contribution in [-0.4, -0.2) is 19.0 Å². The predicted molar refractivity (Wildman–Crippen MR) is 41.7 cm³/mol. The number of primary amides is 1. The van der Waals surface area contributed by atoms with Crippen LogP contribution >= 0.6 is 0 Å². The minimum atomic E-state index is -0.237. The second-order valence-corrected chi connectivity index (χ2v) is 3.34. The minimum Gasteiger partial charge on any atom is -0.366 e. The highest BCUT2D eigenvalue weighted by Gasteiger charge is 2.32. The van der Waals surface area contributed by atoms with Gasteiger partial charge in [-0.1, -0.05) is 6.08 Å². The Bertz CT molecular complexity index is 222. The van der Waals surface area contributed by atoms with Gasteiger partial charge < -0.3 is 11.1 Å². The Balaban J connectivity index is 2.13. The molecular formula is C8H12N2O. The number of hydrogen-bond acceptors (Lipinski definition) is 2. The monoisotopic (exact) mass is 152 g/mol. The van der Waals surface area contributed by atoms with Gasteiger partial charge >= 0.3 is 0 Å². The molecule has 1 heterocycles. The van der Waals surface area contributed by atoms with Crippen LogP contribution in [0.2, 0.25) is 0 Å². The Labute approximate surface area is 65.6 Å². The Hall–Kier alpha value is -0.830. The summed E-state index contributed by atoms with van der Waals surface area (Å²) in [5, 5.41) is 3.29. The molecule has 1 fully saturated rings. The first-order valence-electron chi connectivity index (χ1n) is 3.98. The van der Waals surface area contributed by atoms with Crippen molar-refractivity contribution in [2.24, 2.45) is 17.6 Å². The molecule has 0 bridgehead atoms. The summed E-state index contributed by atoms with van der Waals surface area (Å²) in [6.07, 6.45) is 2.92. The van der Waals surface area contributed by atoms with Gasteiger partial charge in [-0.25, -0.2) is 0 Å². The molecule has 0 saturated carbocycles. The Morgan fingerprint density at radius 1 is 1.64 bits per heavy atom. The van der Waals surface area contributed by atoms with Crippen LogP contribution in [0.25, 0.3) is 0 Å². The van der Waals surface area contributed by atoms with E-state index in [1.807, 2.05) is 6.08 Å². The van der Waals surface area contributed by atoms with Crippen LogP contribution < -0.4 is 11.1 Å². The van der Waals surface area contributed by atoms with Crippen LogP contribution in [-0.2, 0) is 4.79 Å². The molecule has 0 aromatic rings. The van der Waals surface area contributed by atoms with Gasteiger partial charge in [0.05, 0.1) is 0 Å². The Kier molecular flexibility index (Phi) is 1.46. The molecule has 60 valence electrons. The van der Waals surface area contributed by atoms with Crippen LogP contribution in [0.4, 0.5) is 0 Å². The van der Waals surface area contributed by atoms with E-state index in [0.717, 1.165) is 25.1 Å². The van der Waals surface area contributed by atoms with E-state index in [-0.39, 0.29) is 5.91 Å². The van der Waals surface area contributed by atoms with Gasteiger partial charge in [-0.3, -0.25) is 4.79 Å². The van der Waals surface area contributed by atoms with Crippen molar-refractivity contribution in [3.05, 3.63) is 11.6 Å². The lowest BCUT2D eigenvalue weighted by molar-refractivity contribution is -0.114. The highest BCUT2D eigenvalue weighted by Crippen LogP contribution is 2.32. The molecule has 11 heavy (non-hydrogen) atoms. The first-order valence-corrected chi connectivity index (χ1v) is 3.98. The molecule has 2 rings (SSSR count). The van der Waals surface area contributed by atoms with Gasteiger partial charge in [-0.05, 0) is 24.8 Å². The molecule has 1 aliphatic heterocycles. The molecule has 1 saturated heterocycles. The highest BCUT2D eigenvalue weighted by atomic mass is 16.1. The first kappa shape index (κ1) is 6.85. The van der Waals surface area contributed by atoms with Crippen molar-refractivity contribution < 1.29 is 4.79 Å². The third-order valence-electron chi connectivity index (χ3n) is 2.61. The largest absolute Gasteiger partial charge is 0.366 e. The number of amides is 1. The third-order valence-corrected chi connectivity index (χ3v) is 2.61. The van der Waals surface area contributed by atoms with Crippen molar-refractivity contribution in [2.45, 2.75) is 6.42 Å². The normalized spacial score (nSPS) is 35.1. The molecule has 0 aromatic carbocycles. The zero-order chi connectivity index (χ0) is 7.84. The summed E-state index contributed by atoms with van der Waals surface area (Å²) in [5.41, 5.74) is 6.01. The summed E-state index contributed by atoms with van der Waals surface area (Å²) < 4.78 is 0. The summed E-state index contributed by atoms with van der Waals surface area (Å²) in [6.45, 7) is 2.05. The van der Waals surface area contributed by atoms with Gasteiger partial charge in [0.15, 0.2) is 0 Å². The molecular weight excluding hydrogens is 140 g/mol. The zero-order valence-electron chi connectivity index (χ0n) is 6.34. The summed E-state index contributed by atoms with van der Waals surface area (Å²) in [5.74, 6) is 0.967. The molecule has 1 aliphatic carbocycles. The molecule has 0 radical (unpaired) electrons. The number of rotatable bonds is 1. The SMILES string of the molecule is NC(=O)C1=CC2CNCC2C1. The van der Waals surface area contributed by atoms with Crippen molar-refractivity contribution in [3.63, 3.8) is 0 Å². The lowest BCUT2D eigenvalue weighted by Crippen LogP contribution is -2.15. The number of carbonyl (C=O) groups is 1. The zero-order valence-corrected chi connectivity index (χ0v) is 6.34. The molecule has 0 aromatic heterocycles. The fraction of sp³-hybridized carbons (Fsp3) is 0.625. The smallest absolute Gasteiger partial charge is 0.244 e. The average Bonchev–Trinajstić information content (AvgIpc) is 2.40. The van der Waals surface area contributed by atoms with Gasteiger partial charge in [-0.15, -0.1) is 0 Å². The number of hydrogen-bond donors (Lipinski definition) is 2. The predicted octanol–water partition coefficient (Wildman–Crippen LogP) is -0.363. The number of nitrogens with two attached hydrogens (primary N) is 1. The summed E-state index contributed by atoms with van der Waals surface area (Å²) >= 11 is 0. The standard InChI is InChI=1S/C8H12N2O/c9-8(11)5-1-6-3-10-4-7(6)2-5/h1,6-7,10H,2-4H2,(H2,9,11). The van der Waals surface area contributed by atoms with Crippen molar-refractivity contribution in [3.8, 4) is 0 Å². The van der Waals surface area contributed by atoms with Gasteiger partial charge in [0, 0.05) is 12.1 Å². The van der Waals surface area contributed by atoms with E-state index in [2.05, 4.69) is 5.32 Å². The molecule has 2 aliphatic rings. The summed E-state index contributed by atoms with van der Waals surface area (Å²) in [7, 11) is 0. The Morgan fingerprint density at radius 2 is 2.45 bits per heavy atom. The minimum absolute atomic E-state index is 0.237. The van der Waals surface area contributed by atoms with E-state index in [9.17, 15) is 4.79 Å². The lowest BCUT2D eigenvalue weighted by atomic mass is 10.00. The van der Waals surface area contributed by atoms with E-state index < -0.39 is 0 Å². The second-order valence-electron chi connectivity index (χ2n) is 3.34. The van der Waals surface area contributed by atoms with Crippen LogP contribution in [0.3, 0.4) is 0 Å². The molecule has 1 amide bonds. The molecule has 3 N–H and O–H groups in total. The lowest BCUT2D eigenvalue weighted by Gasteiger charge is -2.03. The van der Waals surface area contributed by atoms with Crippen LogP contribution in [0.15, 0.2) is 11.6 Å². The molecule has 3 heteroatoms. The number of carbonyl (C=O) groups excluding carboxylic acids is 1. The fourth-order valence-electron chi connectivity index (χ4n) is 1.96. The second kappa shape index (κ2) is 2.34. The van der Waals surface area contributed by atoms with Gasteiger partial charge in [-0.2, -0.15) is 0 Å². The molecule has 3 nitrogen and oxygen atoms in total. The maximum atomic E-state index is 10.8. The van der Waals surface area contributed by atoms with Gasteiger partial charge in [0.2, 0.25) is 5.91 Å². The topological polar surface area (TPSA) is 55.1 Å². The van der Waals surface area contributed by atoms with E-state index >= 15 is 0 Å². The Morgan fingerprint density at radius 3 is 3.09 bits per heavy atom. The van der Waals surface area contributed by atoms with Crippen LogP contribution in [0.5, 0.6) is 0 Å². The third kappa shape index (κ3) is 1.05. The number of nitrogens with one attached hydrogen (secondary N) is 1. The molecule has 2 atom stereocenters. The average molecular weight is 152 g/mol. The van der Waals surface area contributed by atoms with E-state index in [4.69, 9.17) is 5.73 Å². The van der Waals surface area contributed by atoms with E-state index in [0.29, 0.717) is 11.8 Å². The van der Waals surface area contributed by atoms with Crippen molar-refractivity contribution >= 4 is 5.91 Å². The van der Waals surface area contributed by atoms with E-state index in [1.54, 1.807) is 0 Å². The van der Waals surface area contributed by atoms with Crippen molar-refractivity contribution in [1.29, 1.82) is 0 Å².